The molecule has 0 saturated heterocycles. The van der Waals surface area contributed by atoms with E-state index in [9.17, 15) is 17.6 Å². The summed E-state index contributed by atoms with van der Waals surface area (Å²) in [6.07, 6.45) is 1.27. The van der Waals surface area contributed by atoms with Crippen LogP contribution in [0.4, 0.5) is 15.8 Å². The van der Waals surface area contributed by atoms with Crippen molar-refractivity contribution in [2.75, 3.05) is 15.9 Å². The van der Waals surface area contributed by atoms with Crippen molar-refractivity contribution in [1.29, 1.82) is 0 Å². The van der Waals surface area contributed by atoms with Gasteiger partial charge in [0.1, 0.15) is 11.9 Å². The number of nitrogens with zero attached hydrogens (tertiary/aromatic N) is 1. The van der Waals surface area contributed by atoms with Gasteiger partial charge in [-0.25, -0.2) is 12.8 Å². The first-order valence-electron chi connectivity index (χ1n) is 7.54. The minimum Gasteiger partial charge on any atom is -0.322 e. The number of anilines is 2. The maximum absolute atomic E-state index is 14.0. The predicted octanol–water partition coefficient (Wildman–Crippen LogP) is 3.77. The molecule has 0 saturated carbocycles. The van der Waals surface area contributed by atoms with Gasteiger partial charge in [-0.1, -0.05) is 41.1 Å². The SMILES string of the molecule is CCC(C(=O)Nc1ccc(Br)cc1F)N(c1ccccc1)S(C)(=O)=O. The average molecular weight is 429 g/mol. The Bertz CT molecular complexity index is 859. The number of rotatable bonds is 6. The molecule has 2 rings (SSSR count). The van der Waals surface area contributed by atoms with Crippen molar-refractivity contribution in [3.05, 3.63) is 58.8 Å². The molecule has 1 atom stereocenters. The van der Waals surface area contributed by atoms with Gasteiger partial charge < -0.3 is 5.32 Å². The molecule has 0 aliphatic carbocycles. The summed E-state index contributed by atoms with van der Waals surface area (Å²) in [6, 6.07) is 11.6. The molecule has 0 aromatic heterocycles. The molecule has 0 spiro atoms. The fraction of sp³-hybridized carbons (Fsp3) is 0.235. The standard InChI is InChI=1S/C17H18BrFN2O3S/c1-3-16(17(22)20-15-10-9-12(18)11-14(15)19)21(25(2,23)24)13-7-5-4-6-8-13/h4-11,16H,3H2,1-2H3,(H,20,22). The molecule has 8 heteroatoms. The Morgan fingerprint density at radius 1 is 1.24 bits per heavy atom. The second-order valence-corrected chi connectivity index (χ2v) is 8.21. The third-order valence-electron chi connectivity index (χ3n) is 3.53. The van der Waals surface area contributed by atoms with E-state index >= 15 is 0 Å². The minimum atomic E-state index is -3.71. The normalized spacial score (nSPS) is 12.5. The van der Waals surface area contributed by atoms with Gasteiger partial charge in [-0.05, 0) is 36.8 Å². The fourth-order valence-corrected chi connectivity index (χ4v) is 3.99. The number of para-hydroxylation sites is 1. The summed E-state index contributed by atoms with van der Waals surface area (Å²) in [7, 11) is -3.71. The van der Waals surface area contributed by atoms with E-state index < -0.39 is 27.8 Å². The zero-order valence-corrected chi connectivity index (χ0v) is 16.1. The largest absolute Gasteiger partial charge is 0.322 e. The zero-order valence-electron chi connectivity index (χ0n) is 13.7. The van der Waals surface area contributed by atoms with Crippen molar-refractivity contribution >= 4 is 43.2 Å². The van der Waals surface area contributed by atoms with Gasteiger partial charge in [0.2, 0.25) is 15.9 Å². The van der Waals surface area contributed by atoms with E-state index in [1.54, 1.807) is 43.3 Å². The number of nitrogens with one attached hydrogen (secondary N) is 1. The Kier molecular flexibility index (Phi) is 6.18. The second-order valence-electron chi connectivity index (χ2n) is 5.43. The number of sulfonamides is 1. The molecule has 0 aliphatic heterocycles. The highest BCUT2D eigenvalue weighted by Crippen LogP contribution is 2.24. The van der Waals surface area contributed by atoms with Crippen LogP contribution in [0.3, 0.4) is 0 Å². The molecule has 5 nitrogen and oxygen atoms in total. The smallest absolute Gasteiger partial charge is 0.248 e. The lowest BCUT2D eigenvalue weighted by molar-refractivity contribution is -0.117. The molecule has 0 heterocycles. The highest BCUT2D eigenvalue weighted by molar-refractivity contribution is 9.10. The molecular formula is C17H18BrFN2O3S. The van der Waals surface area contributed by atoms with E-state index in [4.69, 9.17) is 0 Å². The van der Waals surface area contributed by atoms with Crippen molar-refractivity contribution < 1.29 is 17.6 Å². The number of halogens is 2. The fourth-order valence-electron chi connectivity index (χ4n) is 2.44. The Morgan fingerprint density at radius 3 is 2.40 bits per heavy atom. The van der Waals surface area contributed by atoms with Crippen LogP contribution in [-0.4, -0.2) is 26.6 Å². The molecule has 1 amide bonds. The molecule has 134 valence electrons. The van der Waals surface area contributed by atoms with Crippen LogP contribution in [0.1, 0.15) is 13.3 Å². The Balaban J connectivity index is 2.36. The van der Waals surface area contributed by atoms with Crippen LogP contribution in [-0.2, 0) is 14.8 Å². The number of benzene rings is 2. The number of carbonyl (C=O) groups excluding carboxylic acids is 1. The van der Waals surface area contributed by atoms with Gasteiger partial charge in [-0.3, -0.25) is 9.10 Å². The molecule has 1 unspecified atom stereocenters. The Morgan fingerprint density at radius 2 is 1.88 bits per heavy atom. The van der Waals surface area contributed by atoms with Gasteiger partial charge in [0, 0.05) is 4.47 Å². The lowest BCUT2D eigenvalue weighted by Gasteiger charge is -2.30. The first kappa shape index (κ1) is 19.4. The monoisotopic (exact) mass is 428 g/mol. The predicted molar refractivity (Wildman–Crippen MR) is 101 cm³/mol. The highest BCUT2D eigenvalue weighted by atomic mass is 79.9. The van der Waals surface area contributed by atoms with Crippen LogP contribution in [0.25, 0.3) is 0 Å². The lowest BCUT2D eigenvalue weighted by Crippen LogP contribution is -2.47. The number of hydrogen-bond donors (Lipinski definition) is 1. The number of amides is 1. The molecule has 0 bridgehead atoms. The summed E-state index contributed by atoms with van der Waals surface area (Å²) in [6.45, 7) is 1.70. The molecule has 2 aromatic rings. The first-order chi connectivity index (χ1) is 11.7. The maximum atomic E-state index is 14.0. The quantitative estimate of drug-likeness (QED) is 0.761. The molecule has 0 radical (unpaired) electrons. The van der Waals surface area contributed by atoms with Crippen molar-refractivity contribution in [1.82, 2.24) is 0 Å². The summed E-state index contributed by atoms with van der Waals surface area (Å²) in [5.74, 6) is -1.21. The minimum absolute atomic E-state index is 0.00633. The average Bonchev–Trinajstić information content (AvgIpc) is 2.54. The molecule has 1 N–H and O–H groups in total. The van der Waals surface area contributed by atoms with Gasteiger partial charge in [0.25, 0.3) is 0 Å². The van der Waals surface area contributed by atoms with E-state index in [-0.39, 0.29) is 12.1 Å². The lowest BCUT2D eigenvalue weighted by atomic mass is 10.1. The molecule has 0 fully saturated rings. The van der Waals surface area contributed by atoms with Crippen molar-refractivity contribution in [3.63, 3.8) is 0 Å². The van der Waals surface area contributed by atoms with Crippen LogP contribution in [0.2, 0.25) is 0 Å². The van der Waals surface area contributed by atoms with Crippen LogP contribution >= 0.6 is 15.9 Å². The van der Waals surface area contributed by atoms with Crippen LogP contribution < -0.4 is 9.62 Å². The maximum Gasteiger partial charge on any atom is 0.248 e. The third kappa shape index (κ3) is 4.79. The Hall–Kier alpha value is -1.93. The van der Waals surface area contributed by atoms with Gasteiger partial charge >= 0.3 is 0 Å². The summed E-state index contributed by atoms with van der Waals surface area (Å²) in [5.41, 5.74) is 0.372. The van der Waals surface area contributed by atoms with E-state index in [1.807, 2.05) is 0 Å². The highest BCUT2D eigenvalue weighted by Gasteiger charge is 2.31. The van der Waals surface area contributed by atoms with Gasteiger partial charge in [0.15, 0.2) is 0 Å². The number of hydrogen-bond acceptors (Lipinski definition) is 3. The number of carbonyl (C=O) groups is 1. The summed E-state index contributed by atoms with van der Waals surface area (Å²) in [5, 5.41) is 2.47. The molecule has 0 aliphatic rings. The summed E-state index contributed by atoms with van der Waals surface area (Å²) >= 11 is 3.14. The Labute approximate surface area is 155 Å². The van der Waals surface area contributed by atoms with Crippen LogP contribution in [0.15, 0.2) is 53.0 Å². The van der Waals surface area contributed by atoms with Crippen molar-refractivity contribution in [2.24, 2.45) is 0 Å². The van der Waals surface area contributed by atoms with E-state index in [2.05, 4.69) is 21.2 Å². The van der Waals surface area contributed by atoms with Crippen LogP contribution in [0.5, 0.6) is 0 Å². The molecular weight excluding hydrogens is 411 g/mol. The second kappa shape index (κ2) is 7.97. The third-order valence-corrected chi connectivity index (χ3v) is 5.20. The van der Waals surface area contributed by atoms with Crippen molar-refractivity contribution in [3.8, 4) is 0 Å². The summed E-state index contributed by atoms with van der Waals surface area (Å²) in [4.78, 5) is 12.6. The molecule has 2 aromatic carbocycles. The van der Waals surface area contributed by atoms with Gasteiger partial charge in [0.05, 0.1) is 17.6 Å². The van der Waals surface area contributed by atoms with Crippen molar-refractivity contribution in [2.45, 2.75) is 19.4 Å². The van der Waals surface area contributed by atoms with Gasteiger partial charge in [-0.2, -0.15) is 0 Å². The first-order valence-corrected chi connectivity index (χ1v) is 10.2. The van der Waals surface area contributed by atoms with Gasteiger partial charge in [-0.15, -0.1) is 0 Å². The molecule has 25 heavy (non-hydrogen) atoms. The summed E-state index contributed by atoms with van der Waals surface area (Å²) < 4.78 is 40.1. The topological polar surface area (TPSA) is 66.5 Å². The van der Waals surface area contributed by atoms with E-state index in [1.165, 1.54) is 12.1 Å². The van der Waals surface area contributed by atoms with E-state index in [0.717, 1.165) is 10.6 Å². The van der Waals surface area contributed by atoms with E-state index in [0.29, 0.717) is 10.2 Å². The van der Waals surface area contributed by atoms with Crippen LogP contribution in [0, 0.1) is 5.82 Å². The zero-order chi connectivity index (χ0) is 18.6.